The molecular weight excluding hydrogens is 412 g/mol. The number of piperidine rings is 1. The zero-order chi connectivity index (χ0) is 22.8. The highest BCUT2D eigenvalue weighted by Gasteiger charge is 2.29. The first-order chi connectivity index (χ1) is 16.1. The lowest BCUT2D eigenvalue weighted by Crippen LogP contribution is -2.35. The number of pyridine rings is 1. The number of hydrogen-bond acceptors (Lipinski definition) is 5. The molecule has 0 saturated carbocycles. The fourth-order valence-corrected chi connectivity index (χ4v) is 5.48. The number of carbonyl (C=O) groups excluding carboxylic acids is 1. The van der Waals surface area contributed by atoms with Crippen LogP contribution in [0.15, 0.2) is 30.6 Å². The number of likely N-dealkylation sites (tertiary alicyclic amines) is 2. The largest absolute Gasteiger partial charge is 0.343 e. The first-order valence-corrected chi connectivity index (χ1v) is 12.4. The zero-order valence-corrected chi connectivity index (χ0v) is 19.8. The van der Waals surface area contributed by atoms with Gasteiger partial charge in [0.1, 0.15) is 0 Å². The first kappa shape index (κ1) is 22.0. The van der Waals surface area contributed by atoms with Gasteiger partial charge in [0.25, 0.3) is 0 Å². The summed E-state index contributed by atoms with van der Waals surface area (Å²) >= 11 is 0. The van der Waals surface area contributed by atoms with Gasteiger partial charge in [-0.2, -0.15) is 5.10 Å². The van der Waals surface area contributed by atoms with Gasteiger partial charge in [0.15, 0.2) is 5.65 Å². The fourth-order valence-electron chi connectivity index (χ4n) is 5.48. The smallest absolute Gasteiger partial charge is 0.222 e. The Kier molecular flexibility index (Phi) is 6.40. The maximum atomic E-state index is 12.7. The minimum Gasteiger partial charge on any atom is -0.343 e. The number of hydrogen-bond donors (Lipinski definition) is 0. The van der Waals surface area contributed by atoms with Crippen LogP contribution in [0.1, 0.15) is 72.8 Å². The van der Waals surface area contributed by atoms with Crippen molar-refractivity contribution < 1.29 is 4.79 Å². The van der Waals surface area contributed by atoms with Crippen molar-refractivity contribution in [3.63, 3.8) is 0 Å². The van der Waals surface area contributed by atoms with E-state index in [1.807, 2.05) is 27.9 Å². The molecule has 174 valence electrons. The Labute approximate surface area is 195 Å². The monoisotopic (exact) mass is 446 g/mol. The molecule has 1 amide bonds. The summed E-state index contributed by atoms with van der Waals surface area (Å²) in [4.78, 5) is 26.4. The van der Waals surface area contributed by atoms with Gasteiger partial charge in [-0.1, -0.05) is 6.07 Å². The Bertz CT molecular complexity index is 1120. The lowest BCUT2D eigenvalue weighted by atomic mass is 10.0. The highest BCUT2D eigenvalue weighted by Crippen LogP contribution is 2.33. The summed E-state index contributed by atoms with van der Waals surface area (Å²) in [5.74, 6) is 0.270. The second kappa shape index (κ2) is 9.59. The van der Waals surface area contributed by atoms with Crippen LogP contribution in [-0.4, -0.2) is 54.9 Å². The van der Waals surface area contributed by atoms with Gasteiger partial charge in [-0.3, -0.25) is 14.7 Å². The van der Waals surface area contributed by atoms with Gasteiger partial charge in [0.2, 0.25) is 5.91 Å². The lowest BCUT2D eigenvalue weighted by molar-refractivity contribution is -0.132. The van der Waals surface area contributed by atoms with Gasteiger partial charge in [-0.15, -0.1) is 0 Å². The molecule has 5 heterocycles. The van der Waals surface area contributed by atoms with E-state index >= 15 is 0 Å². The Hall–Kier alpha value is -2.80. The van der Waals surface area contributed by atoms with E-state index in [9.17, 15) is 4.79 Å². The molecule has 0 aliphatic carbocycles. The molecule has 0 aromatic carbocycles. The molecule has 0 bridgehead atoms. The number of fused-ring (bicyclic) bond motifs is 1. The molecule has 3 aromatic heterocycles. The van der Waals surface area contributed by atoms with Crippen molar-refractivity contribution in [3.8, 4) is 0 Å². The van der Waals surface area contributed by atoms with Crippen LogP contribution in [0.4, 0.5) is 0 Å². The molecule has 1 atom stereocenters. The molecule has 3 aromatic rings. The van der Waals surface area contributed by atoms with E-state index in [1.165, 1.54) is 18.4 Å². The minimum absolute atomic E-state index is 0.270. The molecule has 7 nitrogen and oxygen atoms in total. The molecule has 0 N–H and O–H groups in total. The molecule has 7 heteroatoms. The minimum atomic E-state index is 0.270. The molecule has 2 fully saturated rings. The van der Waals surface area contributed by atoms with Crippen LogP contribution in [0, 0.1) is 13.8 Å². The molecule has 0 spiro atoms. The average Bonchev–Trinajstić information content (AvgIpc) is 3.47. The van der Waals surface area contributed by atoms with Crippen LogP contribution in [-0.2, 0) is 17.8 Å². The van der Waals surface area contributed by atoms with E-state index < -0.39 is 0 Å². The highest BCUT2D eigenvalue weighted by atomic mass is 16.2. The third-order valence-corrected chi connectivity index (χ3v) is 7.29. The van der Waals surface area contributed by atoms with Crippen molar-refractivity contribution in [2.45, 2.75) is 71.4 Å². The van der Waals surface area contributed by atoms with Gasteiger partial charge >= 0.3 is 0 Å². The van der Waals surface area contributed by atoms with Crippen LogP contribution < -0.4 is 0 Å². The molecule has 2 aliphatic rings. The second-order valence-electron chi connectivity index (χ2n) is 9.53. The van der Waals surface area contributed by atoms with Crippen LogP contribution in [0.3, 0.4) is 0 Å². The Morgan fingerprint density at radius 3 is 2.76 bits per heavy atom. The number of carbonyl (C=O) groups is 1. The van der Waals surface area contributed by atoms with E-state index in [0.717, 1.165) is 80.2 Å². The van der Waals surface area contributed by atoms with Crippen molar-refractivity contribution in [2.75, 3.05) is 19.6 Å². The van der Waals surface area contributed by atoms with E-state index in [1.54, 1.807) is 0 Å². The molecule has 2 aliphatic heterocycles. The van der Waals surface area contributed by atoms with Crippen molar-refractivity contribution in [3.05, 3.63) is 58.8 Å². The van der Waals surface area contributed by atoms with Crippen LogP contribution >= 0.6 is 0 Å². The number of amides is 1. The summed E-state index contributed by atoms with van der Waals surface area (Å²) < 4.78 is 1.99. The zero-order valence-electron chi connectivity index (χ0n) is 19.8. The summed E-state index contributed by atoms with van der Waals surface area (Å²) in [6.07, 6.45) is 10.8. The van der Waals surface area contributed by atoms with Gasteiger partial charge in [0.05, 0.1) is 11.7 Å². The maximum absolute atomic E-state index is 12.7. The summed E-state index contributed by atoms with van der Waals surface area (Å²) in [6.45, 7) is 7.96. The molecule has 0 unspecified atom stereocenters. The highest BCUT2D eigenvalue weighted by molar-refractivity contribution is 5.76. The van der Waals surface area contributed by atoms with Crippen LogP contribution in [0.25, 0.3) is 5.65 Å². The SMILES string of the molecule is Cc1nc2cc([C@H]3CCCN3Cc3cccnc3)nn2c(C)c1CCC(=O)N1CCCCC1. The predicted octanol–water partition coefficient (Wildman–Crippen LogP) is 4.02. The van der Waals surface area contributed by atoms with Crippen LogP contribution in [0.2, 0.25) is 0 Å². The van der Waals surface area contributed by atoms with Gasteiger partial charge in [-0.25, -0.2) is 9.50 Å². The van der Waals surface area contributed by atoms with E-state index in [-0.39, 0.29) is 5.91 Å². The summed E-state index contributed by atoms with van der Waals surface area (Å²) in [5.41, 5.74) is 6.50. The number of aromatic nitrogens is 4. The Morgan fingerprint density at radius 1 is 1.12 bits per heavy atom. The fraction of sp³-hybridized carbons (Fsp3) is 0.538. The van der Waals surface area contributed by atoms with Crippen LogP contribution in [0.5, 0.6) is 0 Å². The molecule has 5 rings (SSSR count). The van der Waals surface area contributed by atoms with Crippen molar-refractivity contribution in [1.29, 1.82) is 0 Å². The standard InChI is InChI=1S/C26H34N6O/c1-19-22(10-11-26(33)30-13-4-3-5-14-30)20(2)32-25(28-19)16-23(29-32)24-9-7-15-31(24)18-21-8-6-12-27-17-21/h6,8,12,16-17,24H,3-5,7,9-11,13-15,18H2,1-2H3/t24-/m1/s1. The maximum Gasteiger partial charge on any atom is 0.222 e. The quantitative estimate of drug-likeness (QED) is 0.572. The Morgan fingerprint density at radius 2 is 1.97 bits per heavy atom. The third-order valence-electron chi connectivity index (χ3n) is 7.29. The topological polar surface area (TPSA) is 66.6 Å². The number of nitrogens with zero attached hydrogens (tertiary/aromatic N) is 6. The van der Waals surface area contributed by atoms with E-state index in [4.69, 9.17) is 10.1 Å². The Balaban J connectivity index is 1.34. The number of rotatable bonds is 6. The first-order valence-electron chi connectivity index (χ1n) is 12.4. The summed E-state index contributed by atoms with van der Waals surface area (Å²) in [5, 5.41) is 5.01. The summed E-state index contributed by atoms with van der Waals surface area (Å²) in [7, 11) is 0. The predicted molar refractivity (Wildman–Crippen MR) is 128 cm³/mol. The molecular formula is C26H34N6O. The van der Waals surface area contributed by atoms with Crippen molar-refractivity contribution >= 4 is 11.6 Å². The van der Waals surface area contributed by atoms with Crippen molar-refractivity contribution in [1.82, 2.24) is 29.4 Å². The van der Waals surface area contributed by atoms with Crippen molar-refractivity contribution in [2.24, 2.45) is 0 Å². The molecule has 0 radical (unpaired) electrons. The average molecular weight is 447 g/mol. The van der Waals surface area contributed by atoms with Gasteiger partial charge in [-0.05, 0) is 76.1 Å². The number of aryl methyl sites for hydroxylation is 2. The lowest BCUT2D eigenvalue weighted by Gasteiger charge is -2.26. The van der Waals surface area contributed by atoms with E-state index in [2.05, 4.69) is 35.9 Å². The van der Waals surface area contributed by atoms with Gasteiger partial charge in [0, 0.05) is 55.9 Å². The second-order valence-corrected chi connectivity index (χ2v) is 9.53. The van der Waals surface area contributed by atoms with E-state index in [0.29, 0.717) is 12.5 Å². The van der Waals surface area contributed by atoms with Gasteiger partial charge < -0.3 is 4.90 Å². The third kappa shape index (κ3) is 4.64. The molecule has 2 saturated heterocycles. The summed E-state index contributed by atoms with van der Waals surface area (Å²) in [6, 6.07) is 6.59. The normalized spacial score (nSPS) is 19.5. The molecule has 33 heavy (non-hydrogen) atoms.